The lowest BCUT2D eigenvalue weighted by atomic mass is 9.98. The number of hydrogen-bond acceptors (Lipinski definition) is 4. The molecule has 0 aliphatic carbocycles. The molecule has 1 aliphatic rings. The van der Waals surface area contributed by atoms with Crippen LogP contribution in [0, 0.1) is 20.8 Å². The van der Waals surface area contributed by atoms with Crippen molar-refractivity contribution in [3.05, 3.63) is 58.8 Å². The third kappa shape index (κ3) is 2.51. The maximum Gasteiger partial charge on any atom is 0.150 e. The quantitative estimate of drug-likeness (QED) is 0.758. The van der Waals surface area contributed by atoms with Crippen molar-refractivity contribution in [2.45, 2.75) is 26.9 Å². The zero-order chi connectivity index (χ0) is 18.4. The predicted octanol–water partition coefficient (Wildman–Crippen LogP) is 4.46. The maximum absolute atomic E-state index is 5.64. The fourth-order valence-corrected chi connectivity index (χ4v) is 3.73. The van der Waals surface area contributed by atoms with E-state index in [9.17, 15) is 0 Å². The van der Waals surface area contributed by atoms with Crippen LogP contribution in [-0.4, -0.2) is 24.0 Å². The highest BCUT2D eigenvalue weighted by molar-refractivity contribution is 5.82. The summed E-state index contributed by atoms with van der Waals surface area (Å²) in [6.07, 6.45) is -0.145. The summed E-state index contributed by atoms with van der Waals surface area (Å²) in [6.45, 7) is 6.29. The molecule has 3 aromatic rings. The summed E-state index contributed by atoms with van der Waals surface area (Å²) < 4.78 is 13.0. The van der Waals surface area contributed by atoms with Crippen LogP contribution >= 0.6 is 0 Å². The summed E-state index contributed by atoms with van der Waals surface area (Å²) in [4.78, 5) is 0. The number of nitrogens with zero attached hydrogens (tertiary/aromatic N) is 2. The van der Waals surface area contributed by atoms with E-state index in [1.165, 1.54) is 16.7 Å². The zero-order valence-corrected chi connectivity index (χ0v) is 15.8. The highest BCUT2D eigenvalue weighted by atomic mass is 16.5. The van der Waals surface area contributed by atoms with Gasteiger partial charge in [-0.2, -0.15) is 5.10 Å². The third-order valence-corrected chi connectivity index (χ3v) is 4.87. The number of rotatable bonds is 3. The van der Waals surface area contributed by atoms with Crippen LogP contribution in [0.2, 0.25) is 0 Å². The van der Waals surface area contributed by atoms with Gasteiger partial charge in [-0.3, -0.25) is 0 Å². The van der Waals surface area contributed by atoms with Gasteiger partial charge in [0.25, 0.3) is 0 Å². The number of aryl methyl sites for hydroxylation is 3. The first kappa shape index (κ1) is 16.5. The lowest BCUT2D eigenvalue weighted by molar-refractivity contribution is 0.386. The first-order valence-electron chi connectivity index (χ1n) is 8.68. The maximum atomic E-state index is 5.64. The van der Waals surface area contributed by atoms with Crippen LogP contribution in [0.5, 0.6) is 11.5 Å². The predicted molar refractivity (Wildman–Crippen MR) is 103 cm³/mol. The van der Waals surface area contributed by atoms with Gasteiger partial charge in [0.2, 0.25) is 0 Å². The number of aromatic nitrogens is 2. The minimum Gasteiger partial charge on any atom is -0.497 e. The Labute approximate surface area is 153 Å². The van der Waals surface area contributed by atoms with Gasteiger partial charge in [-0.15, -0.1) is 0 Å². The minimum absolute atomic E-state index is 0.145. The number of anilines is 1. The van der Waals surface area contributed by atoms with E-state index < -0.39 is 0 Å². The normalized spacial score (nSPS) is 15.0. The molecule has 0 amide bonds. The molecule has 2 aromatic carbocycles. The molecule has 5 heteroatoms. The molecule has 0 fully saturated rings. The first-order valence-corrected chi connectivity index (χ1v) is 8.68. The zero-order valence-electron chi connectivity index (χ0n) is 15.8. The van der Waals surface area contributed by atoms with Crippen molar-refractivity contribution in [3.8, 4) is 22.8 Å². The van der Waals surface area contributed by atoms with Crippen LogP contribution < -0.4 is 14.8 Å². The Morgan fingerprint density at radius 2 is 1.81 bits per heavy atom. The number of nitrogens with one attached hydrogen (secondary N) is 1. The minimum atomic E-state index is -0.145. The molecule has 0 radical (unpaired) electrons. The molecule has 26 heavy (non-hydrogen) atoms. The van der Waals surface area contributed by atoms with Gasteiger partial charge in [0.15, 0.2) is 6.17 Å². The molecule has 1 atom stereocenters. The van der Waals surface area contributed by atoms with Gasteiger partial charge in [0, 0.05) is 22.9 Å². The molecule has 5 nitrogen and oxygen atoms in total. The SMILES string of the molecule is COc1ccc(C2Nc3c(C)cc(C)cc3-c3cc(C)nn32)c(OC)c1. The molecule has 1 aliphatic heterocycles. The highest BCUT2D eigenvalue weighted by Crippen LogP contribution is 2.43. The van der Waals surface area contributed by atoms with Crippen LogP contribution in [0.15, 0.2) is 36.4 Å². The van der Waals surface area contributed by atoms with Crippen LogP contribution in [0.4, 0.5) is 5.69 Å². The summed E-state index contributed by atoms with van der Waals surface area (Å²) in [5.74, 6) is 1.54. The van der Waals surface area contributed by atoms with Crippen molar-refractivity contribution in [2.24, 2.45) is 0 Å². The molecule has 4 rings (SSSR count). The summed E-state index contributed by atoms with van der Waals surface area (Å²) in [5.41, 5.74) is 7.93. The second kappa shape index (κ2) is 6.09. The molecule has 1 N–H and O–H groups in total. The highest BCUT2D eigenvalue weighted by Gasteiger charge is 2.29. The molecule has 0 saturated carbocycles. The first-order chi connectivity index (χ1) is 12.5. The molecule has 0 spiro atoms. The van der Waals surface area contributed by atoms with Crippen LogP contribution in [-0.2, 0) is 0 Å². The number of ether oxygens (including phenoxy) is 2. The van der Waals surface area contributed by atoms with Gasteiger partial charge in [-0.1, -0.05) is 11.6 Å². The van der Waals surface area contributed by atoms with E-state index in [4.69, 9.17) is 14.6 Å². The van der Waals surface area contributed by atoms with E-state index in [-0.39, 0.29) is 6.17 Å². The van der Waals surface area contributed by atoms with Gasteiger partial charge >= 0.3 is 0 Å². The van der Waals surface area contributed by atoms with Crippen molar-refractivity contribution >= 4 is 5.69 Å². The molecule has 1 aromatic heterocycles. The molecular weight excluding hydrogens is 326 g/mol. The van der Waals surface area contributed by atoms with Gasteiger partial charge in [0.1, 0.15) is 11.5 Å². The van der Waals surface area contributed by atoms with Crippen molar-refractivity contribution < 1.29 is 9.47 Å². The molecule has 2 heterocycles. The summed E-state index contributed by atoms with van der Waals surface area (Å²) in [7, 11) is 3.34. The Morgan fingerprint density at radius 3 is 2.54 bits per heavy atom. The number of benzene rings is 2. The number of hydrogen-bond donors (Lipinski definition) is 1. The Balaban J connectivity index is 1.92. The second-order valence-corrected chi connectivity index (χ2v) is 6.77. The van der Waals surface area contributed by atoms with Crippen molar-refractivity contribution in [2.75, 3.05) is 19.5 Å². The van der Waals surface area contributed by atoms with Crippen molar-refractivity contribution in [3.63, 3.8) is 0 Å². The average Bonchev–Trinajstić information content (AvgIpc) is 3.02. The monoisotopic (exact) mass is 349 g/mol. The van der Waals surface area contributed by atoms with Gasteiger partial charge in [-0.05, 0) is 50.6 Å². The topological polar surface area (TPSA) is 48.3 Å². The van der Waals surface area contributed by atoms with Crippen molar-refractivity contribution in [1.29, 1.82) is 0 Å². The number of fused-ring (bicyclic) bond motifs is 3. The molecular formula is C21H23N3O2. The Morgan fingerprint density at radius 1 is 1.00 bits per heavy atom. The largest absolute Gasteiger partial charge is 0.497 e. The summed E-state index contributed by atoms with van der Waals surface area (Å²) in [5, 5.41) is 8.42. The fourth-order valence-electron chi connectivity index (χ4n) is 3.73. The van der Waals surface area contributed by atoms with Gasteiger partial charge in [-0.25, -0.2) is 4.68 Å². The molecule has 1 unspecified atom stereocenters. The molecule has 134 valence electrons. The van der Waals surface area contributed by atoms with E-state index in [1.54, 1.807) is 14.2 Å². The lowest BCUT2D eigenvalue weighted by Gasteiger charge is -2.31. The van der Waals surface area contributed by atoms with E-state index in [0.29, 0.717) is 0 Å². The Hall–Kier alpha value is -2.95. The van der Waals surface area contributed by atoms with Gasteiger partial charge in [0.05, 0.1) is 25.6 Å². The Kier molecular flexibility index (Phi) is 3.87. The van der Waals surface area contributed by atoms with E-state index in [1.807, 2.05) is 29.8 Å². The number of methoxy groups -OCH3 is 2. The summed E-state index contributed by atoms with van der Waals surface area (Å²) >= 11 is 0. The van der Waals surface area contributed by atoms with E-state index in [2.05, 4.69) is 37.4 Å². The third-order valence-electron chi connectivity index (χ3n) is 4.87. The van der Waals surface area contributed by atoms with E-state index in [0.717, 1.165) is 34.1 Å². The fraction of sp³-hybridized carbons (Fsp3) is 0.286. The second-order valence-electron chi connectivity index (χ2n) is 6.77. The van der Waals surface area contributed by atoms with Gasteiger partial charge < -0.3 is 14.8 Å². The Bertz CT molecular complexity index is 991. The van der Waals surface area contributed by atoms with Crippen LogP contribution in [0.25, 0.3) is 11.3 Å². The lowest BCUT2D eigenvalue weighted by Crippen LogP contribution is -2.26. The van der Waals surface area contributed by atoms with E-state index >= 15 is 0 Å². The molecule has 0 bridgehead atoms. The van der Waals surface area contributed by atoms with Crippen molar-refractivity contribution in [1.82, 2.24) is 9.78 Å². The average molecular weight is 349 g/mol. The molecule has 0 saturated heterocycles. The smallest absolute Gasteiger partial charge is 0.150 e. The van der Waals surface area contributed by atoms with Crippen LogP contribution in [0.1, 0.15) is 28.6 Å². The summed E-state index contributed by atoms with van der Waals surface area (Å²) in [6, 6.07) is 12.4. The van der Waals surface area contributed by atoms with Crippen LogP contribution in [0.3, 0.4) is 0 Å². The standard InChI is InChI=1S/C21H23N3O2/c1-12-8-13(2)20-17(9-12)18-10-14(3)23-24(18)21(22-20)16-7-6-15(25-4)11-19(16)26-5/h6-11,21-22H,1-5H3.